The van der Waals surface area contributed by atoms with E-state index in [0.29, 0.717) is 0 Å². The molecule has 1 aliphatic rings. The summed E-state index contributed by atoms with van der Waals surface area (Å²) in [6.45, 7) is 6.72. The summed E-state index contributed by atoms with van der Waals surface area (Å²) in [5.41, 5.74) is 7.21. The molecule has 0 aromatic carbocycles. The van der Waals surface area contributed by atoms with Crippen LogP contribution in [0.2, 0.25) is 0 Å². The van der Waals surface area contributed by atoms with Crippen molar-refractivity contribution in [1.82, 2.24) is 0 Å². The maximum absolute atomic E-state index is 5.29. The summed E-state index contributed by atoms with van der Waals surface area (Å²) >= 11 is 0. The van der Waals surface area contributed by atoms with Gasteiger partial charge in [-0.3, -0.25) is 4.99 Å². The second kappa shape index (κ2) is 4.10. The van der Waals surface area contributed by atoms with Crippen LogP contribution in [0.25, 0.3) is 0 Å². The third kappa shape index (κ3) is 2.91. The Labute approximate surface area is 73.9 Å². The van der Waals surface area contributed by atoms with Crippen molar-refractivity contribution in [3.63, 3.8) is 0 Å². The Morgan fingerprint density at radius 1 is 1.67 bits per heavy atom. The van der Waals surface area contributed by atoms with Crippen molar-refractivity contribution >= 4 is 5.71 Å². The standard InChI is InChI=1S/C10H16N2/c1-8(2)10(5-6-11)12-7-9-3-4-9/h5-6,9H,1,3-4,7,11H2,2H3. The van der Waals surface area contributed by atoms with E-state index in [9.17, 15) is 0 Å². The van der Waals surface area contributed by atoms with Gasteiger partial charge in [0, 0.05) is 6.54 Å². The number of rotatable bonds is 4. The molecule has 0 radical (unpaired) electrons. The largest absolute Gasteiger partial charge is 0.405 e. The van der Waals surface area contributed by atoms with Gasteiger partial charge < -0.3 is 5.73 Å². The summed E-state index contributed by atoms with van der Waals surface area (Å²) < 4.78 is 0. The van der Waals surface area contributed by atoms with Crippen LogP contribution in [0.1, 0.15) is 19.8 Å². The second-order valence-electron chi connectivity index (χ2n) is 3.31. The molecule has 1 fully saturated rings. The number of hydrogen-bond donors (Lipinski definition) is 1. The number of hydrogen-bond acceptors (Lipinski definition) is 2. The SMILES string of the molecule is C=C(C)C(C=CN)=NCC1CC1. The topological polar surface area (TPSA) is 38.4 Å². The lowest BCUT2D eigenvalue weighted by molar-refractivity contribution is 0.849. The van der Waals surface area contributed by atoms with Gasteiger partial charge in [0.15, 0.2) is 0 Å². The first-order chi connectivity index (χ1) is 5.74. The van der Waals surface area contributed by atoms with Crippen molar-refractivity contribution in [3.05, 3.63) is 24.4 Å². The van der Waals surface area contributed by atoms with Crippen molar-refractivity contribution in [2.75, 3.05) is 6.54 Å². The van der Waals surface area contributed by atoms with E-state index in [1.807, 2.05) is 13.0 Å². The van der Waals surface area contributed by atoms with E-state index < -0.39 is 0 Å². The molecular formula is C10H16N2. The molecule has 0 saturated heterocycles. The number of nitrogens with zero attached hydrogens (tertiary/aromatic N) is 1. The van der Waals surface area contributed by atoms with Crippen molar-refractivity contribution < 1.29 is 0 Å². The minimum atomic E-state index is 0.825. The molecule has 0 amide bonds. The van der Waals surface area contributed by atoms with E-state index in [-0.39, 0.29) is 0 Å². The van der Waals surface area contributed by atoms with Crippen LogP contribution >= 0.6 is 0 Å². The van der Waals surface area contributed by atoms with Gasteiger partial charge in [0.05, 0.1) is 5.71 Å². The molecular weight excluding hydrogens is 148 g/mol. The van der Waals surface area contributed by atoms with Gasteiger partial charge in [-0.05, 0) is 43.5 Å². The maximum Gasteiger partial charge on any atom is 0.0611 e. The summed E-state index contributed by atoms with van der Waals surface area (Å²) in [6.07, 6.45) is 5.99. The highest BCUT2D eigenvalue weighted by Crippen LogP contribution is 2.28. The lowest BCUT2D eigenvalue weighted by Gasteiger charge is -1.98. The smallest absolute Gasteiger partial charge is 0.0611 e. The zero-order valence-electron chi connectivity index (χ0n) is 7.59. The van der Waals surface area contributed by atoms with Crippen LogP contribution in [0, 0.1) is 5.92 Å². The fourth-order valence-electron chi connectivity index (χ4n) is 0.949. The van der Waals surface area contributed by atoms with Crippen molar-refractivity contribution in [2.24, 2.45) is 16.6 Å². The molecule has 2 nitrogen and oxygen atoms in total. The lowest BCUT2D eigenvalue weighted by atomic mass is 10.2. The zero-order chi connectivity index (χ0) is 8.97. The average Bonchev–Trinajstić information content (AvgIpc) is 2.80. The van der Waals surface area contributed by atoms with Crippen LogP contribution in [0.3, 0.4) is 0 Å². The highest BCUT2D eigenvalue weighted by Gasteiger charge is 2.20. The molecule has 0 bridgehead atoms. The molecule has 1 saturated carbocycles. The molecule has 0 heterocycles. The van der Waals surface area contributed by atoms with Gasteiger partial charge in [0.2, 0.25) is 0 Å². The molecule has 0 unspecified atom stereocenters. The molecule has 1 aliphatic carbocycles. The molecule has 0 spiro atoms. The maximum atomic E-state index is 5.29. The number of aliphatic imine (C=N–C) groups is 1. The quantitative estimate of drug-likeness (QED) is 0.633. The Hall–Kier alpha value is -1.05. The van der Waals surface area contributed by atoms with Crippen molar-refractivity contribution in [3.8, 4) is 0 Å². The highest BCUT2D eigenvalue weighted by atomic mass is 14.8. The van der Waals surface area contributed by atoms with Crippen LogP contribution in [-0.2, 0) is 0 Å². The first kappa shape index (κ1) is 9.04. The molecule has 1 rings (SSSR count). The van der Waals surface area contributed by atoms with Gasteiger partial charge in [-0.1, -0.05) is 6.58 Å². The Balaban J connectivity index is 2.49. The molecule has 0 aliphatic heterocycles. The average molecular weight is 164 g/mol. The molecule has 0 aromatic rings. The van der Waals surface area contributed by atoms with Crippen LogP contribution in [-0.4, -0.2) is 12.3 Å². The van der Waals surface area contributed by atoms with Gasteiger partial charge in [0.25, 0.3) is 0 Å². The summed E-state index contributed by atoms with van der Waals surface area (Å²) in [6, 6.07) is 0. The monoisotopic (exact) mass is 164 g/mol. The van der Waals surface area contributed by atoms with Gasteiger partial charge in [0.1, 0.15) is 0 Å². The second-order valence-corrected chi connectivity index (χ2v) is 3.31. The van der Waals surface area contributed by atoms with E-state index in [1.165, 1.54) is 19.0 Å². The lowest BCUT2D eigenvalue weighted by Crippen LogP contribution is -1.98. The van der Waals surface area contributed by atoms with E-state index in [1.54, 1.807) is 0 Å². The summed E-state index contributed by atoms with van der Waals surface area (Å²) in [7, 11) is 0. The van der Waals surface area contributed by atoms with Gasteiger partial charge in [-0.25, -0.2) is 0 Å². The first-order valence-electron chi connectivity index (χ1n) is 4.32. The predicted octanol–water partition coefficient (Wildman–Crippen LogP) is 1.89. The molecule has 0 atom stereocenters. The normalized spacial score (nSPS) is 18.6. The number of allylic oxidation sites excluding steroid dienone is 2. The van der Waals surface area contributed by atoms with Crippen LogP contribution in [0.15, 0.2) is 29.4 Å². The minimum Gasteiger partial charge on any atom is -0.405 e. The predicted molar refractivity (Wildman–Crippen MR) is 53.2 cm³/mol. The van der Waals surface area contributed by atoms with E-state index in [2.05, 4.69) is 11.6 Å². The van der Waals surface area contributed by atoms with Gasteiger partial charge >= 0.3 is 0 Å². The number of nitrogens with two attached hydrogens (primary N) is 1. The third-order valence-electron chi connectivity index (χ3n) is 1.91. The van der Waals surface area contributed by atoms with Crippen LogP contribution < -0.4 is 5.73 Å². The molecule has 12 heavy (non-hydrogen) atoms. The van der Waals surface area contributed by atoms with E-state index in [4.69, 9.17) is 5.73 Å². The Morgan fingerprint density at radius 2 is 2.33 bits per heavy atom. The van der Waals surface area contributed by atoms with Crippen molar-refractivity contribution in [2.45, 2.75) is 19.8 Å². The summed E-state index contributed by atoms with van der Waals surface area (Å²) in [5.74, 6) is 0.825. The molecule has 2 heteroatoms. The van der Waals surface area contributed by atoms with Crippen molar-refractivity contribution in [1.29, 1.82) is 0 Å². The first-order valence-corrected chi connectivity index (χ1v) is 4.32. The summed E-state index contributed by atoms with van der Waals surface area (Å²) in [4.78, 5) is 4.43. The Morgan fingerprint density at radius 3 is 2.75 bits per heavy atom. The van der Waals surface area contributed by atoms with Gasteiger partial charge in [-0.2, -0.15) is 0 Å². The molecule has 66 valence electrons. The van der Waals surface area contributed by atoms with Gasteiger partial charge in [-0.15, -0.1) is 0 Å². The minimum absolute atomic E-state index is 0.825. The van der Waals surface area contributed by atoms with Crippen LogP contribution in [0.4, 0.5) is 0 Å². The van der Waals surface area contributed by atoms with Crippen LogP contribution in [0.5, 0.6) is 0 Å². The third-order valence-corrected chi connectivity index (χ3v) is 1.91. The van der Waals surface area contributed by atoms with E-state index in [0.717, 1.165) is 23.7 Å². The Kier molecular flexibility index (Phi) is 3.09. The Bertz CT molecular complexity index is 222. The van der Waals surface area contributed by atoms with E-state index >= 15 is 0 Å². The zero-order valence-corrected chi connectivity index (χ0v) is 7.59. The summed E-state index contributed by atoms with van der Waals surface area (Å²) in [5, 5.41) is 0. The molecule has 2 N–H and O–H groups in total. The highest BCUT2D eigenvalue weighted by molar-refractivity contribution is 6.07. The fourth-order valence-corrected chi connectivity index (χ4v) is 0.949. The molecule has 0 aromatic heterocycles. The fraction of sp³-hybridized carbons (Fsp3) is 0.500.